The summed E-state index contributed by atoms with van der Waals surface area (Å²) in [6.07, 6.45) is 0.970. The molecule has 1 aromatic heterocycles. The standard InChI is InChI=1S/C21H24ClN3O3S2/c1-2-9-25-20-8-7-18(30(26,27)24-10-12-28-13-11-24)14-19(20)23-21(25)15-29-17-5-3-16(22)4-6-17/h3-8,14H,2,9-13,15H2,1H3. The Kier molecular flexibility index (Phi) is 6.69. The molecule has 2 aromatic carbocycles. The largest absolute Gasteiger partial charge is 0.379 e. The number of imidazole rings is 1. The Balaban J connectivity index is 1.64. The van der Waals surface area contributed by atoms with Gasteiger partial charge in [0.15, 0.2) is 0 Å². The lowest BCUT2D eigenvalue weighted by Gasteiger charge is -2.26. The molecule has 0 amide bonds. The van der Waals surface area contributed by atoms with Crippen LogP contribution in [-0.4, -0.2) is 48.6 Å². The number of aromatic nitrogens is 2. The summed E-state index contributed by atoms with van der Waals surface area (Å²) in [5.74, 6) is 1.63. The molecule has 0 radical (unpaired) electrons. The Labute approximate surface area is 186 Å². The number of sulfonamides is 1. The maximum atomic E-state index is 13.0. The normalized spacial score (nSPS) is 15.7. The number of fused-ring (bicyclic) bond motifs is 1. The van der Waals surface area contributed by atoms with Crippen LogP contribution in [0.1, 0.15) is 19.2 Å². The number of halogens is 1. The summed E-state index contributed by atoms with van der Waals surface area (Å²) in [7, 11) is -3.54. The lowest BCUT2D eigenvalue weighted by molar-refractivity contribution is 0.0730. The fraction of sp³-hybridized carbons (Fsp3) is 0.381. The maximum Gasteiger partial charge on any atom is 0.243 e. The van der Waals surface area contributed by atoms with E-state index >= 15 is 0 Å². The van der Waals surface area contributed by atoms with Gasteiger partial charge in [-0.2, -0.15) is 4.31 Å². The highest BCUT2D eigenvalue weighted by Gasteiger charge is 2.27. The molecule has 0 spiro atoms. The molecule has 6 nitrogen and oxygen atoms in total. The summed E-state index contributed by atoms with van der Waals surface area (Å²) < 4.78 is 35.0. The monoisotopic (exact) mass is 465 g/mol. The molecule has 0 N–H and O–H groups in total. The molecule has 4 rings (SSSR count). The smallest absolute Gasteiger partial charge is 0.243 e. The van der Waals surface area contributed by atoms with E-state index in [-0.39, 0.29) is 4.90 Å². The fourth-order valence-corrected chi connectivity index (χ4v) is 5.92. The van der Waals surface area contributed by atoms with Crippen LogP contribution in [-0.2, 0) is 27.1 Å². The molecular formula is C21H24ClN3O3S2. The molecule has 0 atom stereocenters. The lowest BCUT2D eigenvalue weighted by atomic mass is 10.3. The van der Waals surface area contributed by atoms with Gasteiger partial charge >= 0.3 is 0 Å². The first kappa shape index (κ1) is 21.6. The molecular weight excluding hydrogens is 442 g/mol. The van der Waals surface area contributed by atoms with Gasteiger partial charge in [0.1, 0.15) is 5.82 Å². The zero-order valence-corrected chi connectivity index (χ0v) is 19.1. The first-order valence-electron chi connectivity index (χ1n) is 9.94. The zero-order chi connectivity index (χ0) is 21.1. The third-order valence-corrected chi connectivity index (χ3v) is 8.19. The van der Waals surface area contributed by atoms with E-state index in [1.165, 1.54) is 4.31 Å². The van der Waals surface area contributed by atoms with Crippen LogP contribution in [0.15, 0.2) is 52.3 Å². The molecule has 1 fully saturated rings. The molecule has 0 saturated carbocycles. The summed E-state index contributed by atoms with van der Waals surface area (Å²) in [6.45, 7) is 4.58. The molecule has 160 valence electrons. The first-order valence-corrected chi connectivity index (χ1v) is 12.7. The number of aryl methyl sites for hydroxylation is 1. The van der Waals surface area contributed by atoms with Crippen molar-refractivity contribution in [1.29, 1.82) is 0 Å². The highest BCUT2D eigenvalue weighted by atomic mass is 35.5. The molecule has 30 heavy (non-hydrogen) atoms. The number of ether oxygens (including phenoxy) is 1. The van der Waals surface area contributed by atoms with Gasteiger partial charge in [-0.05, 0) is 48.9 Å². The average molecular weight is 466 g/mol. The topological polar surface area (TPSA) is 64.4 Å². The van der Waals surface area contributed by atoms with Gasteiger partial charge in [0.25, 0.3) is 0 Å². The van der Waals surface area contributed by atoms with Crippen molar-refractivity contribution in [3.8, 4) is 0 Å². The minimum Gasteiger partial charge on any atom is -0.379 e. The van der Waals surface area contributed by atoms with E-state index in [1.807, 2.05) is 30.3 Å². The Morgan fingerprint density at radius 2 is 1.87 bits per heavy atom. The highest BCUT2D eigenvalue weighted by Crippen LogP contribution is 2.28. The predicted molar refractivity (Wildman–Crippen MR) is 121 cm³/mol. The second-order valence-corrected chi connectivity index (χ2v) is 10.5. The summed E-state index contributed by atoms with van der Waals surface area (Å²) >= 11 is 7.66. The average Bonchev–Trinajstić information content (AvgIpc) is 3.11. The van der Waals surface area contributed by atoms with Crippen molar-refractivity contribution in [1.82, 2.24) is 13.9 Å². The Bertz CT molecular complexity index is 1120. The molecule has 0 bridgehead atoms. The lowest BCUT2D eigenvalue weighted by Crippen LogP contribution is -2.40. The number of hydrogen-bond acceptors (Lipinski definition) is 5. The van der Waals surface area contributed by atoms with E-state index in [9.17, 15) is 8.42 Å². The van der Waals surface area contributed by atoms with Gasteiger partial charge in [0.2, 0.25) is 10.0 Å². The fourth-order valence-electron chi connectivity index (χ4n) is 3.52. The Morgan fingerprint density at radius 1 is 1.13 bits per heavy atom. The van der Waals surface area contributed by atoms with Gasteiger partial charge in [0, 0.05) is 29.6 Å². The number of rotatable bonds is 7. The van der Waals surface area contributed by atoms with E-state index < -0.39 is 10.0 Å². The van der Waals surface area contributed by atoms with Crippen LogP contribution in [0.3, 0.4) is 0 Å². The van der Waals surface area contributed by atoms with Crippen molar-refractivity contribution in [2.24, 2.45) is 0 Å². The van der Waals surface area contributed by atoms with Gasteiger partial charge in [-0.3, -0.25) is 0 Å². The van der Waals surface area contributed by atoms with Crippen LogP contribution in [0.5, 0.6) is 0 Å². The minimum absolute atomic E-state index is 0.287. The van der Waals surface area contributed by atoms with Crippen molar-refractivity contribution >= 4 is 44.4 Å². The van der Waals surface area contributed by atoms with Crippen molar-refractivity contribution in [2.45, 2.75) is 35.4 Å². The molecule has 1 aliphatic heterocycles. The molecule has 2 heterocycles. The van der Waals surface area contributed by atoms with Crippen molar-refractivity contribution in [3.63, 3.8) is 0 Å². The van der Waals surface area contributed by atoms with Crippen LogP contribution in [0.4, 0.5) is 0 Å². The van der Waals surface area contributed by atoms with Crippen LogP contribution >= 0.6 is 23.4 Å². The summed E-state index contributed by atoms with van der Waals surface area (Å²) in [4.78, 5) is 6.19. The van der Waals surface area contributed by atoms with Gasteiger partial charge in [-0.15, -0.1) is 11.8 Å². The van der Waals surface area contributed by atoms with Crippen LogP contribution < -0.4 is 0 Å². The molecule has 9 heteroatoms. The summed E-state index contributed by atoms with van der Waals surface area (Å²) in [5, 5.41) is 0.714. The van der Waals surface area contributed by atoms with Crippen molar-refractivity contribution in [2.75, 3.05) is 26.3 Å². The van der Waals surface area contributed by atoms with E-state index in [0.29, 0.717) is 42.6 Å². The van der Waals surface area contributed by atoms with Crippen molar-refractivity contribution < 1.29 is 13.2 Å². The quantitative estimate of drug-likeness (QED) is 0.483. The van der Waals surface area contributed by atoms with Gasteiger partial charge in [-0.25, -0.2) is 13.4 Å². The van der Waals surface area contributed by atoms with Crippen LogP contribution in [0.25, 0.3) is 11.0 Å². The van der Waals surface area contributed by atoms with Crippen LogP contribution in [0, 0.1) is 0 Å². The molecule has 0 aliphatic carbocycles. The third-order valence-electron chi connectivity index (χ3n) is 5.04. The molecule has 1 aliphatic rings. The third kappa shape index (κ3) is 4.53. The predicted octanol–water partition coefficient (Wildman–Crippen LogP) is 4.41. The van der Waals surface area contributed by atoms with Gasteiger partial charge in [-0.1, -0.05) is 18.5 Å². The van der Waals surface area contributed by atoms with E-state index in [2.05, 4.69) is 11.5 Å². The number of hydrogen-bond donors (Lipinski definition) is 0. The Morgan fingerprint density at radius 3 is 2.57 bits per heavy atom. The maximum absolute atomic E-state index is 13.0. The SMILES string of the molecule is CCCn1c(CSc2ccc(Cl)cc2)nc2cc(S(=O)(=O)N3CCOCC3)ccc21. The number of morpholine rings is 1. The zero-order valence-electron chi connectivity index (χ0n) is 16.8. The summed E-state index contributed by atoms with van der Waals surface area (Å²) in [6, 6.07) is 13.0. The Hall–Kier alpha value is -1.58. The molecule has 1 saturated heterocycles. The summed E-state index contributed by atoms with van der Waals surface area (Å²) in [5.41, 5.74) is 1.67. The minimum atomic E-state index is -3.54. The van der Waals surface area contributed by atoms with Gasteiger partial charge < -0.3 is 9.30 Å². The number of thioether (sulfide) groups is 1. The van der Waals surface area contributed by atoms with E-state index in [4.69, 9.17) is 21.3 Å². The first-order chi connectivity index (χ1) is 14.5. The van der Waals surface area contributed by atoms with Crippen LogP contribution in [0.2, 0.25) is 5.02 Å². The van der Waals surface area contributed by atoms with Gasteiger partial charge in [0.05, 0.1) is 34.9 Å². The number of benzene rings is 2. The molecule has 3 aromatic rings. The highest BCUT2D eigenvalue weighted by molar-refractivity contribution is 7.98. The second kappa shape index (κ2) is 9.28. The number of nitrogens with zero attached hydrogens (tertiary/aromatic N) is 3. The second-order valence-electron chi connectivity index (χ2n) is 7.09. The molecule has 0 unspecified atom stereocenters. The van der Waals surface area contributed by atoms with E-state index in [1.54, 1.807) is 23.9 Å². The van der Waals surface area contributed by atoms with Crippen molar-refractivity contribution in [3.05, 3.63) is 53.3 Å². The van der Waals surface area contributed by atoms with E-state index in [0.717, 1.165) is 29.2 Å².